The lowest BCUT2D eigenvalue weighted by atomic mass is 10.1. The first-order chi connectivity index (χ1) is 17.1. The lowest BCUT2D eigenvalue weighted by Gasteiger charge is -2.33. The van der Waals surface area contributed by atoms with Crippen LogP contribution < -0.4 is 15.5 Å². The van der Waals surface area contributed by atoms with Crippen LogP contribution in [0.2, 0.25) is 0 Å². The van der Waals surface area contributed by atoms with Gasteiger partial charge in [-0.05, 0) is 31.5 Å². The summed E-state index contributed by atoms with van der Waals surface area (Å²) in [6.45, 7) is 10.6. The smallest absolute Gasteiger partial charge is 0.239 e. The highest BCUT2D eigenvalue weighted by atomic mass is 16.2. The zero-order valence-electron chi connectivity index (χ0n) is 20.8. The predicted octanol–water partition coefficient (Wildman–Crippen LogP) is 4.05. The molecule has 2 aromatic carbocycles. The van der Waals surface area contributed by atoms with Gasteiger partial charge < -0.3 is 15.5 Å². The highest BCUT2D eigenvalue weighted by molar-refractivity contribution is 5.88. The van der Waals surface area contributed by atoms with E-state index in [4.69, 9.17) is 0 Å². The van der Waals surface area contributed by atoms with Crippen molar-refractivity contribution in [1.29, 1.82) is 0 Å². The van der Waals surface area contributed by atoms with E-state index in [1.165, 1.54) is 11.1 Å². The van der Waals surface area contributed by atoms with E-state index in [-0.39, 0.29) is 14.8 Å². The van der Waals surface area contributed by atoms with Gasteiger partial charge in [0.15, 0.2) is 5.65 Å². The molecule has 0 spiro atoms. The maximum atomic E-state index is 12.8. The first kappa shape index (κ1) is 24.3. The largest absolute Gasteiger partial charge is 0.353 e. The second-order valence-corrected chi connectivity index (χ2v) is 8.50. The maximum Gasteiger partial charge on any atom is 0.239 e. The number of aromatic nitrogens is 4. The number of carbonyl (C=O) groups is 1. The van der Waals surface area contributed by atoms with Crippen LogP contribution >= 0.6 is 0 Å². The maximum absolute atomic E-state index is 12.8. The molecule has 0 aliphatic carbocycles. The molecule has 1 aliphatic rings. The van der Waals surface area contributed by atoms with E-state index < -0.39 is 0 Å². The summed E-state index contributed by atoms with van der Waals surface area (Å²) in [6.07, 6.45) is 3.50. The summed E-state index contributed by atoms with van der Waals surface area (Å²) in [6, 6.07) is 16.1. The van der Waals surface area contributed by atoms with Crippen molar-refractivity contribution in [2.75, 3.05) is 24.5 Å². The van der Waals surface area contributed by atoms with Crippen LogP contribution in [-0.4, -0.2) is 51.3 Å². The fourth-order valence-electron chi connectivity index (χ4n) is 4.04. The molecule has 0 saturated carbocycles. The number of hydrogen-bond acceptors (Lipinski definition) is 6. The summed E-state index contributed by atoms with van der Waals surface area (Å²) in [5.41, 5.74) is 5.10. The van der Waals surface area contributed by atoms with Gasteiger partial charge in [0, 0.05) is 35.2 Å². The SMILES string of the molecule is CC.Cc1ccc(CNC(=O)[C@H]2CN(c3ncnc4nn(-c5ccc(C)cc5)cc34)CCN2)cc1.[HH].[HH]. The van der Waals surface area contributed by atoms with Crippen LogP contribution in [0.4, 0.5) is 5.82 Å². The van der Waals surface area contributed by atoms with Crippen molar-refractivity contribution in [2.45, 2.75) is 40.3 Å². The molecule has 186 valence electrons. The molecule has 2 aromatic heterocycles. The van der Waals surface area contributed by atoms with Crippen molar-refractivity contribution in [3.05, 3.63) is 77.7 Å². The van der Waals surface area contributed by atoms with Gasteiger partial charge in [-0.25, -0.2) is 14.6 Å². The van der Waals surface area contributed by atoms with Crippen LogP contribution in [0.15, 0.2) is 61.1 Å². The normalized spacial score (nSPS) is 15.4. The fourth-order valence-corrected chi connectivity index (χ4v) is 4.04. The number of nitrogens with zero attached hydrogens (tertiary/aromatic N) is 5. The molecule has 35 heavy (non-hydrogen) atoms. The molecular formula is C27H37N7O. The Hall–Kier alpha value is -3.78. The molecule has 1 atom stereocenters. The van der Waals surface area contributed by atoms with E-state index in [0.717, 1.165) is 29.0 Å². The van der Waals surface area contributed by atoms with Gasteiger partial charge in [-0.15, -0.1) is 5.10 Å². The fraction of sp³-hybridized carbons (Fsp3) is 0.333. The van der Waals surface area contributed by atoms with Gasteiger partial charge >= 0.3 is 0 Å². The van der Waals surface area contributed by atoms with Crippen LogP contribution in [0, 0.1) is 13.8 Å². The zero-order valence-corrected chi connectivity index (χ0v) is 20.8. The van der Waals surface area contributed by atoms with Crippen LogP contribution in [0.25, 0.3) is 16.7 Å². The third-order valence-electron chi connectivity index (χ3n) is 5.97. The Bertz CT molecular complexity index is 1280. The second kappa shape index (κ2) is 11.1. The van der Waals surface area contributed by atoms with Crippen LogP contribution in [0.3, 0.4) is 0 Å². The number of carbonyl (C=O) groups excluding carboxylic acids is 1. The van der Waals surface area contributed by atoms with Gasteiger partial charge in [0.1, 0.15) is 18.2 Å². The van der Waals surface area contributed by atoms with Gasteiger partial charge in [-0.3, -0.25) is 4.79 Å². The van der Waals surface area contributed by atoms with Gasteiger partial charge in [-0.1, -0.05) is 61.4 Å². The Labute approximate surface area is 209 Å². The van der Waals surface area contributed by atoms with E-state index in [1.807, 2.05) is 49.0 Å². The number of piperazine rings is 1. The van der Waals surface area contributed by atoms with Crippen LogP contribution in [-0.2, 0) is 11.3 Å². The quantitative estimate of drug-likeness (QED) is 0.453. The third kappa shape index (κ3) is 5.66. The number of nitrogens with one attached hydrogen (secondary N) is 2. The summed E-state index contributed by atoms with van der Waals surface area (Å²) in [5, 5.41) is 11.9. The molecule has 2 N–H and O–H groups in total. The minimum Gasteiger partial charge on any atom is -0.353 e. The summed E-state index contributed by atoms with van der Waals surface area (Å²) in [5.74, 6) is 0.789. The molecule has 0 unspecified atom stereocenters. The second-order valence-electron chi connectivity index (χ2n) is 8.50. The van der Waals surface area contributed by atoms with Crippen molar-refractivity contribution in [1.82, 2.24) is 30.4 Å². The highest BCUT2D eigenvalue weighted by Crippen LogP contribution is 2.24. The first-order valence-electron chi connectivity index (χ1n) is 12.2. The predicted molar refractivity (Wildman–Crippen MR) is 144 cm³/mol. The van der Waals surface area contributed by atoms with Crippen molar-refractivity contribution < 1.29 is 7.65 Å². The Morgan fingerprint density at radius 3 is 2.46 bits per heavy atom. The number of aryl methyl sites for hydroxylation is 2. The zero-order chi connectivity index (χ0) is 24.8. The summed E-state index contributed by atoms with van der Waals surface area (Å²) in [4.78, 5) is 23.9. The van der Waals surface area contributed by atoms with Gasteiger partial charge in [0.2, 0.25) is 5.91 Å². The van der Waals surface area contributed by atoms with E-state index in [9.17, 15) is 4.79 Å². The Morgan fingerprint density at radius 1 is 1.06 bits per heavy atom. The molecular weight excluding hydrogens is 438 g/mol. The highest BCUT2D eigenvalue weighted by Gasteiger charge is 2.27. The molecule has 1 amide bonds. The van der Waals surface area contributed by atoms with Gasteiger partial charge in [-0.2, -0.15) is 0 Å². The van der Waals surface area contributed by atoms with Gasteiger partial charge in [0.05, 0.1) is 11.1 Å². The average Bonchev–Trinajstić information content (AvgIpc) is 3.34. The molecule has 0 bridgehead atoms. The molecule has 1 fully saturated rings. The monoisotopic (exact) mass is 475 g/mol. The molecule has 8 nitrogen and oxygen atoms in total. The minimum atomic E-state index is -0.318. The lowest BCUT2D eigenvalue weighted by Crippen LogP contribution is -2.57. The van der Waals surface area contributed by atoms with Crippen LogP contribution in [0.1, 0.15) is 33.4 Å². The Balaban J connectivity index is 0.00000118. The van der Waals surface area contributed by atoms with Crippen molar-refractivity contribution in [3.8, 4) is 5.69 Å². The average molecular weight is 476 g/mol. The minimum absolute atomic E-state index is 0. The molecule has 5 rings (SSSR count). The Morgan fingerprint density at radius 2 is 1.74 bits per heavy atom. The molecule has 1 aliphatic heterocycles. The summed E-state index contributed by atoms with van der Waals surface area (Å²) < 4.78 is 1.83. The number of benzene rings is 2. The first-order valence-corrected chi connectivity index (χ1v) is 12.2. The third-order valence-corrected chi connectivity index (χ3v) is 5.97. The number of amides is 1. The number of rotatable bonds is 5. The molecule has 8 heteroatoms. The standard InChI is InChI=1S/C25H27N7O.C2H6.2H2/c1-17-3-7-19(8-4-17)13-27-25(33)22-15-31(12-11-26-22)24-21-14-32(30-23(21)28-16-29-24)20-9-5-18(2)6-10-20;1-2;;/h3-10,14,16,22,26H,11-13,15H2,1-2H3,(H,27,33);1-2H3;2*1H/t22-;;;/m1.../s1. The number of hydrogen-bond donors (Lipinski definition) is 2. The van der Waals surface area contributed by atoms with Crippen LogP contribution in [0.5, 0.6) is 0 Å². The Kier molecular flexibility index (Phi) is 7.72. The topological polar surface area (TPSA) is 88.0 Å². The number of fused-ring (bicyclic) bond motifs is 1. The summed E-state index contributed by atoms with van der Waals surface area (Å²) in [7, 11) is 0. The van der Waals surface area contributed by atoms with Gasteiger partial charge in [0.25, 0.3) is 0 Å². The van der Waals surface area contributed by atoms with E-state index >= 15 is 0 Å². The van der Waals surface area contributed by atoms with Crippen molar-refractivity contribution in [2.24, 2.45) is 0 Å². The molecule has 1 saturated heterocycles. The lowest BCUT2D eigenvalue weighted by molar-refractivity contribution is -0.123. The van der Waals surface area contributed by atoms with E-state index in [1.54, 1.807) is 6.33 Å². The van der Waals surface area contributed by atoms with Crippen molar-refractivity contribution in [3.63, 3.8) is 0 Å². The summed E-state index contributed by atoms with van der Waals surface area (Å²) >= 11 is 0. The van der Waals surface area contributed by atoms with Crippen molar-refractivity contribution >= 4 is 22.8 Å². The van der Waals surface area contributed by atoms with E-state index in [2.05, 4.69) is 68.7 Å². The molecule has 0 radical (unpaired) electrons. The molecule has 4 aromatic rings. The molecule has 3 heterocycles. The number of anilines is 1. The van der Waals surface area contributed by atoms with E-state index in [0.29, 0.717) is 25.3 Å².